The largest absolute Gasteiger partial charge is 0.303 e. The van der Waals surface area contributed by atoms with Gasteiger partial charge < -0.3 is 4.79 Å². The molecule has 0 spiro atoms. The van der Waals surface area contributed by atoms with Gasteiger partial charge in [-0.2, -0.15) is 0 Å². The molecule has 0 heterocycles. The molecule has 2 nitrogen and oxygen atoms in total. The lowest BCUT2D eigenvalue weighted by molar-refractivity contribution is -0.120. The molecule has 0 aliphatic rings. The predicted octanol–water partition coefficient (Wildman–Crippen LogP) is 0.164. The Labute approximate surface area is 36.2 Å². The molecule has 0 aliphatic carbocycles. The zero-order valence-corrected chi connectivity index (χ0v) is 3.60. The minimum absolute atomic E-state index is 0.0556. The molecule has 6 heavy (non-hydrogen) atoms. The highest BCUT2D eigenvalue weighted by Crippen LogP contribution is 1.69. The predicted molar refractivity (Wildman–Crippen MR) is 21.4 cm³/mol. The first-order valence-electron chi connectivity index (χ1n) is 1.70. The molecule has 0 bridgehead atoms. The molecule has 2 heteroatoms. The summed E-state index contributed by atoms with van der Waals surface area (Å²) in [6, 6.07) is 0. The summed E-state index contributed by atoms with van der Waals surface area (Å²) >= 11 is 0. The summed E-state index contributed by atoms with van der Waals surface area (Å²) in [6.45, 7) is 1.38. The van der Waals surface area contributed by atoms with E-state index in [0.717, 1.165) is 0 Å². The van der Waals surface area contributed by atoms with Crippen LogP contribution in [0.3, 0.4) is 0 Å². The number of aldehydes is 1. The average molecular weight is 86.1 g/mol. The third kappa shape index (κ3) is 3.34. The van der Waals surface area contributed by atoms with Crippen molar-refractivity contribution < 1.29 is 9.59 Å². The zero-order valence-electron chi connectivity index (χ0n) is 3.60. The van der Waals surface area contributed by atoms with Gasteiger partial charge in [-0.25, -0.2) is 0 Å². The molecule has 0 aromatic heterocycles. The zero-order chi connectivity index (χ0) is 4.99. The Morgan fingerprint density at radius 2 is 2.33 bits per heavy atom. The molecule has 0 amide bonds. The van der Waals surface area contributed by atoms with Crippen LogP contribution in [0.5, 0.6) is 0 Å². The van der Waals surface area contributed by atoms with Crippen LogP contribution in [0.15, 0.2) is 0 Å². The summed E-state index contributed by atoms with van der Waals surface area (Å²) in [5.41, 5.74) is 0. The molecule has 0 rings (SSSR count). The number of carbonyl (C=O) groups is 2. The van der Waals surface area contributed by atoms with Crippen LogP contribution in [0.2, 0.25) is 0 Å². The Morgan fingerprint density at radius 3 is 2.33 bits per heavy atom. The van der Waals surface area contributed by atoms with E-state index >= 15 is 0 Å². The van der Waals surface area contributed by atoms with Crippen LogP contribution in [0.25, 0.3) is 0 Å². The van der Waals surface area contributed by atoms with E-state index in [1.54, 1.807) is 0 Å². The molecule has 0 aliphatic heterocycles. The van der Waals surface area contributed by atoms with Crippen molar-refractivity contribution in [3.8, 4) is 0 Å². The molecule has 0 atom stereocenters. The summed E-state index contributed by atoms with van der Waals surface area (Å²) in [5, 5.41) is 0. The summed E-state index contributed by atoms with van der Waals surface area (Å²) in [4.78, 5) is 19.2. The van der Waals surface area contributed by atoms with Crippen LogP contribution in [0, 0.1) is 0 Å². The fraction of sp³-hybridized carbons (Fsp3) is 0.500. The second-order valence-electron chi connectivity index (χ2n) is 1.07. The van der Waals surface area contributed by atoms with Crippen LogP contribution in [-0.4, -0.2) is 12.1 Å². The van der Waals surface area contributed by atoms with E-state index in [-0.39, 0.29) is 12.2 Å². The number of ketones is 1. The van der Waals surface area contributed by atoms with Crippen molar-refractivity contribution in [2.24, 2.45) is 0 Å². The summed E-state index contributed by atoms with van der Waals surface area (Å²) < 4.78 is 0. The highest BCUT2D eigenvalue weighted by molar-refractivity contribution is 5.87. The van der Waals surface area contributed by atoms with Crippen molar-refractivity contribution in [3.05, 3.63) is 0 Å². The SMILES string of the molecule is CC(=O)CC=O. The fourth-order valence-corrected chi connectivity index (χ4v) is 0.117. The first kappa shape index (κ1) is 5.34. The molecule has 0 radical (unpaired) electrons. The Balaban J connectivity index is 3.05. The van der Waals surface area contributed by atoms with E-state index in [2.05, 4.69) is 0 Å². The molecule has 0 unspecified atom stereocenters. The van der Waals surface area contributed by atoms with Gasteiger partial charge in [0.15, 0.2) is 0 Å². The van der Waals surface area contributed by atoms with Gasteiger partial charge in [-0.15, -0.1) is 0 Å². The smallest absolute Gasteiger partial charge is 0.136 e. The lowest BCUT2D eigenvalue weighted by Gasteiger charge is -1.71. The lowest BCUT2D eigenvalue weighted by Crippen LogP contribution is -1.87. The first-order valence-corrected chi connectivity index (χ1v) is 1.70. The third-order valence-corrected chi connectivity index (χ3v) is 0.371. The normalized spacial score (nSPS) is 7.50. The van der Waals surface area contributed by atoms with Gasteiger partial charge in [0, 0.05) is 0 Å². The number of rotatable bonds is 2. The minimum atomic E-state index is -0.0787. The number of hydrogen-bond donors (Lipinski definition) is 0. The molecular weight excluding hydrogens is 80.0 g/mol. The maximum atomic E-state index is 9.81. The topological polar surface area (TPSA) is 34.1 Å². The van der Waals surface area contributed by atoms with Crippen molar-refractivity contribution in [2.75, 3.05) is 0 Å². The molecule has 0 saturated heterocycles. The molecule has 0 fully saturated rings. The number of carbonyl (C=O) groups excluding carboxylic acids is 2. The van der Waals surface area contributed by atoms with E-state index in [4.69, 9.17) is 0 Å². The van der Waals surface area contributed by atoms with Gasteiger partial charge in [0.2, 0.25) is 0 Å². The molecule has 0 aromatic rings. The Bertz CT molecular complexity index is 65.9. The van der Waals surface area contributed by atoms with Gasteiger partial charge in [0.05, 0.1) is 6.42 Å². The van der Waals surface area contributed by atoms with Gasteiger partial charge in [-0.05, 0) is 6.92 Å². The highest BCUT2D eigenvalue weighted by atomic mass is 16.1. The van der Waals surface area contributed by atoms with Crippen molar-refractivity contribution >= 4 is 12.1 Å². The summed E-state index contributed by atoms with van der Waals surface area (Å²) in [5.74, 6) is -0.0787. The first-order chi connectivity index (χ1) is 2.77. The average Bonchev–Trinajstić information content (AvgIpc) is 1.35. The summed E-state index contributed by atoms with van der Waals surface area (Å²) in [7, 11) is 0. The molecule has 0 N–H and O–H groups in total. The van der Waals surface area contributed by atoms with Crippen LogP contribution in [-0.2, 0) is 9.59 Å². The molecule has 0 saturated carbocycles. The van der Waals surface area contributed by atoms with Crippen molar-refractivity contribution in [3.63, 3.8) is 0 Å². The van der Waals surface area contributed by atoms with Crippen LogP contribution < -0.4 is 0 Å². The fourth-order valence-electron chi connectivity index (χ4n) is 0.117. The van der Waals surface area contributed by atoms with Crippen LogP contribution in [0.1, 0.15) is 13.3 Å². The van der Waals surface area contributed by atoms with Crippen molar-refractivity contribution in [1.29, 1.82) is 0 Å². The van der Waals surface area contributed by atoms with E-state index in [9.17, 15) is 9.59 Å². The van der Waals surface area contributed by atoms with Crippen molar-refractivity contribution in [2.45, 2.75) is 13.3 Å². The number of hydrogen-bond acceptors (Lipinski definition) is 2. The van der Waals surface area contributed by atoms with E-state index in [0.29, 0.717) is 6.29 Å². The van der Waals surface area contributed by atoms with Gasteiger partial charge in [0.25, 0.3) is 0 Å². The van der Waals surface area contributed by atoms with Gasteiger partial charge in [-0.1, -0.05) is 0 Å². The standard InChI is InChI=1S/C4H6O2/c1-4(6)2-3-5/h3H,2H2,1H3. The van der Waals surface area contributed by atoms with Gasteiger partial charge in [-0.3, -0.25) is 4.79 Å². The van der Waals surface area contributed by atoms with Crippen LogP contribution >= 0.6 is 0 Å². The highest BCUT2D eigenvalue weighted by Gasteiger charge is 1.83. The third-order valence-electron chi connectivity index (χ3n) is 0.371. The second kappa shape index (κ2) is 2.57. The Morgan fingerprint density at radius 1 is 1.83 bits per heavy atom. The van der Waals surface area contributed by atoms with E-state index < -0.39 is 0 Å². The minimum Gasteiger partial charge on any atom is -0.303 e. The monoisotopic (exact) mass is 86.0 g/mol. The Kier molecular flexibility index (Phi) is 2.29. The van der Waals surface area contributed by atoms with Crippen molar-refractivity contribution in [1.82, 2.24) is 0 Å². The van der Waals surface area contributed by atoms with E-state index in [1.165, 1.54) is 6.92 Å². The van der Waals surface area contributed by atoms with Gasteiger partial charge in [0.1, 0.15) is 12.1 Å². The second-order valence-corrected chi connectivity index (χ2v) is 1.07. The number of Topliss-reactive ketones (excluding diaryl/α,β-unsaturated/α-hetero) is 1. The molecular formula is C4H6O2. The van der Waals surface area contributed by atoms with E-state index in [1.807, 2.05) is 0 Å². The Hall–Kier alpha value is -0.660. The van der Waals surface area contributed by atoms with Gasteiger partial charge >= 0.3 is 0 Å². The maximum absolute atomic E-state index is 9.81. The lowest BCUT2D eigenvalue weighted by atomic mass is 10.3. The quantitative estimate of drug-likeness (QED) is 0.354. The van der Waals surface area contributed by atoms with Crippen LogP contribution in [0.4, 0.5) is 0 Å². The maximum Gasteiger partial charge on any atom is 0.136 e. The molecule has 34 valence electrons. The summed E-state index contributed by atoms with van der Waals surface area (Å²) in [6.07, 6.45) is 0.655. The molecule has 0 aromatic carbocycles.